The van der Waals surface area contributed by atoms with Crippen LogP contribution in [-0.2, 0) is 32.0 Å². The predicted molar refractivity (Wildman–Crippen MR) is 137 cm³/mol. The van der Waals surface area contributed by atoms with Crippen molar-refractivity contribution < 1.29 is 29.4 Å². The molecule has 0 bridgehead atoms. The molecule has 11 nitrogen and oxygen atoms in total. The van der Waals surface area contributed by atoms with Gasteiger partial charge >= 0.3 is 0 Å². The number of rotatable bonds is 14. The van der Waals surface area contributed by atoms with E-state index in [0.717, 1.165) is 0 Å². The molecule has 0 aliphatic carbocycles. The van der Waals surface area contributed by atoms with Crippen LogP contribution < -0.4 is 27.4 Å². The average molecular weight is 514 g/mol. The van der Waals surface area contributed by atoms with E-state index < -0.39 is 41.8 Å². The fraction of sp³-hybridized carbons (Fsp3) is 0.385. The van der Waals surface area contributed by atoms with Gasteiger partial charge in [0, 0.05) is 19.8 Å². The van der Waals surface area contributed by atoms with E-state index in [9.17, 15) is 29.4 Å². The fourth-order valence-corrected chi connectivity index (χ4v) is 3.72. The van der Waals surface area contributed by atoms with E-state index >= 15 is 0 Å². The molecule has 0 saturated carbocycles. The molecular formula is C26H35N5O6. The summed E-state index contributed by atoms with van der Waals surface area (Å²) in [6.07, 6.45) is 1.70. The van der Waals surface area contributed by atoms with Crippen molar-refractivity contribution in [2.75, 3.05) is 6.54 Å². The summed E-state index contributed by atoms with van der Waals surface area (Å²) < 4.78 is 0. The lowest BCUT2D eigenvalue weighted by Gasteiger charge is -2.25. The van der Waals surface area contributed by atoms with Gasteiger partial charge in [-0.1, -0.05) is 24.3 Å². The van der Waals surface area contributed by atoms with Gasteiger partial charge in [0.15, 0.2) is 0 Å². The van der Waals surface area contributed by atoms with Crippen LogP contribution in [0, 0.1) is 0 Å². The van der Waals surface area contributed by atoms with E-state index in [1.54, 1.807) is 24.3 Å². The molecule has 0 unspecified atom stereocenters. The van der Waals surface area contributed by atoms with Crippen LogP contribution in [0.25, 0.3) is 0 Å². The molecule has 0 saturated heterocycles. The van der Waals surface area contributed by atoms with Gasteiger partial charge in [0.2, 0.25) is 23.6 Å². The number of benzene rings is 2. The zero-order valence-corrected chi connectivity index (χ0v) is 20.8. The first kappa shape index (κ1) is 29.1. The number of hydrogen-bond donors (Lipinski definition) is 7. The Labute approximate surface area is 215 Å². The molecule has 9 N–H and O–H groups in total. The van der Waals surface area contributed by atoms with Crippen molar-refractivity contribution in [3.05, 3.63) is 59.7 Å². The lowest BCUT2D eigenvalue weighted by molar-refractivity contribution is -0.133. The molecule has 0 heterocycles. The molecule has 4 amide bonds. The fourth-order valence-electron chi connectivity index (χ4n) is 3.72. The zero-order chi connectivity index (χ0) is 27.4. The van der Waals surface area contributed by atoms with Gasteiger partial charge in [-0.25, -0.2) is 0 Å². The minimum absolute atomic E-state index is 0.0436. The van der Waals surface area contributed by atoms with Crippen molar-refractivity contribution in [1.82, 2.24) is 16.0 Å². The van der Waals surface area contributed by atoms with E-state index in [0.29, 0.717) is 36.9 Å². The van der Waals surface area contributed by atoms with Crippen molar-refractivity contribution in [2.24, 2.45) is 11.5 Å². The van der Waals surface area contributed by atoms with Crippen molar-refractivity contribution in [3.8, 4) is 11.5 Å². The number of carbonyl (C=O) groups is 4. The molecule has 2 aromatic carbocycles. The van der Waals surface area contributed by atoms with Crippen LogP contribution >= 0.6 is 0 Å². The molecule has 11 heteroatoms. The predicted octanol–water partition coefficient (Wildman–Crippen LogP) is -0.0284. The van der Waals surface area contributed by atoms with Gasteiger partial charge in [-0.3, -0.25) is 19.2 Å². The van der Waals surface area contributed by atoms with Crippen LogP contribution in [0.15, 0.2) is 48.5 Å². The molecular weight excluding hydrogens is 478 g/mol. The molecule has 2 aromatic rings. The van der Waals surface area contributed by atoms with Gasteiger partial charge in [0.25, 0.3) is 0 Å². The van der Waals surface area contributed by atoms with Crippen LogP contribution in [0.4, 0.5) is 0 Å². The van der Waals surface area contributed by atoms with Gasteiger partial charge in [0.05, 0.1) is 0 Å². The second-order valence-corrected chi connectivity index (χ2v) is 8.80. The molecule has 0 aliphatic rings. The summed E-state index contributed by atoms with van der Waals surface area (Å²) in [5.74, 6) is -2.27. The van der Waals surface area contributed by atoms with Crippen LogP contribution in [0.5, 0.6) is 11.5 Å². The highest BCUT2D eigenvalue weighted by Crippen LogP contribution is 2.14. The SMILES string of the molecule is CC(=O)N[C@@H](Cc1ccc(O)cc1)C(=O)N[C@@H](Cc1ccc(O)cc1)C(=O)N[C@@H](CCCCN)C(N)=O. The number of phenolic OH excluding ortho intramolecular Hbond substituents is 2. The van der Waals surface area contributed by atoms with Crippen LogP contribution in [0.2, 0.25) is 0 Å². The van der Waals surface area contributed by atoms with Crippen molar-refractivity contribution in [3.63, 3.8) is 0 Å². The second kappa shape index (κ2) is 14.4. The van der Waals surface area contributed by atoms with Gasteiger partial charge in [-0.15, -0.1) is 0 Å². The van der Waals surface area contributed by atoms with E-state index in [1.807, 2.05) is 0 Å². The molecule has 0 radical (unpaired) electrons. The number of carbonyl (C=O) groups excluding carboxylic acids is 4. The second-order valence-electron chi connectivity index (χ2n) is 8.80. The quantitative estimate of drug-likeness (QED) is 0.172. The van der Waals surface area contributed by atoms with Gasteiger partial charge < -0.3 is 37.6 Å². The normalized spacial score (nSPS) is 13.1. The minimum atomic E-state index is -1.11. The summed E-state index contributed by atoms with van der Waals surface area (Å²) in [5.41, 5.74) is 12.3. The lowest BCUT2D eigenvalue weighted by atomic mass is 10.0. The highest BCUT2D eigenvalue weighted by atomic mass is 16.3. The molecule has 0 fully saturated rings. The van der Waals surface area contributed by atoms with Gasteiger partial charge in [-0.2, -0.15) is 0 Å². The average Bonchev–Trinajstić information content (AvgIpc) is 2.84. The third-order valence-corrected chi connectivity index (χ3v) is 5.69. The number of amides is 4. The van der Waals surface area contributed by atoms with E-state index in [-0.39, 0.29) is 24.3 Å². The summed E-state index contributed by atoms with van der Waals surface area (Å²) in [6.45, 7) is 1.71. The Morgan fingerprint density at radius 2 is 1.16 bits per heavy atom. The summed E-state index contributed by atoms with van der Waals surface area (Å²) in [4.78, 5) is 50.2. The number of hydrogen-bond acceptors (Lipinski definition) is 7. The van der Waals surface area contributed by atoms with Gasteiger partial charge in [0.1, 0.15) is 29.6 Å². The molecule has 0 aliphatic heterocycles. The maximum atomic E-state index is 13.2. The van der Waals surface area contributed by atoms with Crippen LogP contribution in [-0.4, -0.2) is 58.5 Å². The summed E-state index contributed by atoms with van der Waals surface area (Å²) in [6, 6.07) is 9.24. The third-order valence-electron chi connectivity index (χ3n) is 5.69. The Morgan fingerprint density at radius 3 is 1.57 bits per heavy atom. The van der Waals surface area contributed by atoms with Crippen molar-refractivity contribution >= 4 is 23.6 Å². The molecule has 2 rings (SSSR count). The maximum absolute atomic E-state index is 13.2. The molecule has 0 aromatic heterocycles. The van der Waals surface area contributed by atoms with Crippen LogP contribution in [0.1, 0.15) is 37.3 Å². The Morgan fingerprint density at radius 1 is 0.730 bits per heavy atom. The number of unbranched alkanes of at least 4 members (excludes halogenated alkanes) is 1. The number of nitrogens with one attached hydrogen (secondary N) is 3. The molecule has 37 heavy (non-hydrogen) atoms. The van der Waals surface area contributed by atoms with Crippen molar-refractivity contribution in [1.29, 1.82) is 0 Å². The summed E-state index contributed by atoms with van der Waals surface area (Å²) in [7, 11) is 0. The Bertz CT molecular complexity index is 1060. The Balaban J connectivity index is 2.24. The van der Waals surface area contributed by atoms with Crippen LogP contribution in [0.3, 0.4) is 0 Å². The Kier molecular flexibility index (Phi) is 11.4. The van der Waals surface area contributed by atoms with E-state index in [2.05, 4.69) is 16.0 Å². The molecule has 3 atom stereocenters. The smallest absolute Gasteiger partial charge is 0.243 e. The van der Waals surface area contributed by atoms with E-state index in [1.165, 1.54) is 31.2 Å². The first-order valence-corrected chi connectivity index (χ1v) is 12.0. The highest BCUT2D eigenvalue weighted by molar-refractivity contribution is 5.94. The first-order valence-electron chi connectivity index (χ1n) is 12.0. The largest absolute Gasteiger partial charge is 0.508 e. The zero-order valence-electron chi connectivity index (χ0n) is 20.8. The topological polar surface area (TPSA) is 197 Å². The molecule has 200 valence electrons. The number of nitrogens with two attached hydrogens (primary N) is 2. The third kappa shape index (κ3) is 10.2. The summed E-state index contributed by atoms with van der Waals surface area (Å²) >= 11 is 0. The van der Waals surface area contributed by atoms with E-state index in [4.69, 9.17) is 11.5 Å². The standard InChI is InChI=1S/C26H35N5O6/c1-16(32)29-22(14-17-5-9-19(33)10-6-17)25(36)31-23(15-18-7-11-20(34)12-8-18)26(37)30-21(24(28)35)4-2-3-13-27/h5-12,21-23,33-34H,2-4,13-15,27H2,1H3,(H2,28,35)(H,29,32)(H,30,37)(H,31,36)/t21-,22-,23-/m0/s1. The Hall–Kier alpha value is -4.12. The minimum Gasteiger partial charge on any atom is -0.508 e. The van der Waals surface area contributed by atoms with Gasteiger partial charge in [-0.05, 0) is 61.2 Å². The summed E-state index contributed by atoms with van der Waals surface area (Å²) in [5, 5.41) is 27.0. The first-order chi connectivity index (χ1) is 17.6. The lowest BCUT2D eigenvalue weighted by Crippen LogP contribution is -2.57. The molecule has 0 spiro atoms. The monoisotopic (exact) mass is 513 g/mol. The highest BCUT2D eigenvalue weighted by Gasteiger charge is 2.29. The maximum Gasteiger partial charge on any atom is 0.243 e. The number of primary amides is 1. The van der Waals surface area contributed by atoms with Crippen molar-refractivity contribution in [2.45, 2.75) is 57.2 Å². The number of phenols is 2. The number of aromatic hydroxyl groups is 2.